The monoisotopic (exact) mass is 195 g/mol. The molecule has 1 fully saturated rings. The lowest BCUT2D eigenvalue weighted by Crippen LogP contribution is -2.10. The summed E-state index contributed by atoms with van der Waals surface area (Å²) in [4.78, 5) is 0. The van der Waals surface area contributed by atoms with Crippen molar-refractivity contribution >= 4 is 11.8 Å². The first-order valence-electron chi connectivity index (χ1n) is 4.52. The van der Waals surface area contributed by atoms with Gasteiger partial charge in [0.05, 0.1) is 5.69 Å². The Kier molecular flexibility index (Phi) is 2.80. The van der Waals surface area contributed by atoms with Gasteiger partial charge >= 0.3 is 0 Å². The fourth-order valence-corrected chi connectivity index (χ4v) is 2.36. The Hall–Kier alpha value is -0.610. The van der Waals surface area contributed by atoms with Crippen molar-refractivity contribution in [2.24, 2.45) is 0 Å². The Morgan fingerprint density at radius 3 is 3.00 bits per heavy atom. The molecule has 0 amide bonds. The van der Waals surface area contributed by atoms with Crippen LogP contribution in [0, 0.1) is 6.92 Å². The highest BCUT2D eigenvalue weighted by atomic mass is 32.2. The second kappa shape index (κ2) is 4.07. The van der Waals surface area contributed by atoms with Gasteiger partial charge in [0.1, 0.15) is 5.03 Å². The number of hydrogen-bond acceptors (Lipinski definition) is 4. The third kappa shape index (κ3) is 2.42. The number of aryl methyl sites for hydroxylation is 1. The van der Waals surface area contributed by atoms with Crippen LogP contribution in [-0.4, -0.2) is 28.5 Å². The first kappa shape index (κ1) is 8.97. The molecule has 3 nitrogen and oxygen atoms in total. The van der Waals surface area contributed by atoms with E-state index in [0.29, 0.717) is 5.25 Å². The molecular formula is C9H13N3S. The van der Waals surface area contributed by atoms with E-state index in [0.717, 1.165) is 23.8 Å². The molecule has 0 radical (unpaired) electrons. The summed E-state index contributed by atoms with van der Waals surface area (Å²) >= 11 is 1.82. The standard InChI is InChI=1S/C9H13N3S/c1-7-2-3-9(12-11-7)13-8-4-5-10-6-8/h2-3,8,10H,4-6H2,1H3/t8-/m0/s1. The van der Waals surface area contributed by atoms with E-state index in [4.69, 9.17) is 0 Å². The minimum absolute atomic E-state index is 0.678. The van der Waals surface area contributed by atoms with Crippen molar-refractivity contribution in [1.82, 2.24) is 15.5 Å². The van der Waals surface area contributed by atoms with E-state index >= 15 is 0 Å². The van der Waals surface area contributed by atoms with Gasteiger partial charge in [0.25, 0.3) is 0 Å². The third-order valence-corrected chi connectivity index (χ3v) is 3.27. The van der Waals surface area contributed by atoms with E-state index in [2.05, 4.69) is 15.5 Å². The minimum Gasteiger partial charge on any atom is -0.316 e. The van der Waals surface area contributed by atoms with Crippen LogP contribution >= 0.6 is 11.8 Å². The normalized spacial score (nSPS) is 22.1. The molecule has 1 atom stereocenters. The quantitative estimate of drug-likeness (QED) is 0.770. The van der Waals surface area contributed by atoms with Gasteiger partial charge in [0.15, 0.2) is 0 Å². The number of hydrogen-bond donors (Lipinski definition) is 1. The van der Waals surface area contributed by atoms with Crippen LogP contribution in [-0.2, 0) is 0 Å². The van der Waals surface area contributed by atoms with Crippen LogP contribution in [0.5, 0.6) is 0 Å². The largest absolute Gasteiger partial charge is 0.316 e. The first-order chi connectivity index (χ1) is 6.34. The van der Waals surface area contributed by atoms with Gasteiger partial charge in [-0.2, -0.15) is 5.10 Å². The van der Waals surface area contributed by atoms with Gasteiger partial charge in [-0.3, -0.25) is 0 Å². The maximum absolute atomic E-state index is 4.13. The van der Waals surface area contributed by atoms with Crippen molar-refractivity contribution < 1.29 is 0 Å². The lowest BCUT2D eigenvalue weighted by Gasteiger charge is -2.05. The highest BCUT2D eigenvalue weighted by Gasteiger charge is 2.15. The van der Waals surface area contributed by atoms with Gasteiger partial charge in [-0.15, -0.1) is 5.10 Å². The second-order valence-electron chi connectivity index (χ2n) is 3.25. The van der Waals surface area contributed by atoms with E-state index in [-0.39, 0.29) is 0 Å². The molecule has 0 unspecified atom stereocenters. The van der Waals surface area contributed by atoms with Gasteiger partial charge in [-0.25, -0.2) is 0 Å². The Labute approximate surface area is 82.3 Å². The molecule has 0 aliphatic carbocycles. The Morgan fingerprint density at radius 1 is 1.46 bits per heavy atom. The first-order valence-corrected chi connectivity index (χ1v) is 5.40. The zero-order valence-corrected chi connectivity index (χ0v) is 8.47. The highest BCUT2D eigenvalue weighted by molar-refractivity contribution is 7.99. The number of thioether (sulfide) groups is 1. The molecule has 1 N–H and O–H groups in total. The smallest absolute Gasteiger partial charge is 0.119 e. The van der Waals surface area contributed by atoms with Crippen molar-refractivity contribution in [1.29, 1.82) is 0 Å². The molecule has 1 saturated heterocycles. The van der Waals surface area contributed by atoms with Crippen molar-refractivity contribution in [3.8, 4) is 0 Å². The molecule has 2 heterocycles. The number of aromatic nitrogens is 2. The summed E-state index contributed by atoms with van der Waals surface area (Å²) in [7, 11) is 0. The molecule has 1 aliphatic rings. The van der Waals surface area contributed by atoms with Gasteiger partial charge in [-0.05, 0) is 32.0 Å². The zero-order valence-electron chi connectivity index (χ0n) is 7.66. The van der Waals surface area contributed by atoms with Gasteiger partial charge in [0, 0.05) is 11.8 Å². The third-order valence-electron chi connectivity index (χ3n) is 2.08. The van der Waals surface area contributed by atoms with Crippen LogP contribution in [0.15, 0.2) is 17.2 Å². The zero-order chi connectivity index (χ0) is 9.10. The van der Waals surface area contributed by atoms with E-state index in [9.17, 15) is 0 Å². The Bertz CT molecular complexity index is 267. The highest BCUT2D eigenvalue weighted by Crippen LogP contribution is 2.24. The number of rotatable bonds is 2. The van der Waals surface area contributed by atoms with Crippen molar-refractivity contribution in [2.75, 3.05) is 13.1 Å². The van der Waals surface area contributed by atoms with Crippen LogP contribution in [0.4, 0.5) is 0 Å². The Balaban J connectivity index is 1.97. The maximum Gasteiger partial charge on any atom is 0.119 e. The predicted octanol–water partition coefficient (Wildman–Crippen LogP) is 1.24. The van der Waals surface area contributed by atoms with Crippen LogP contribution in [0.3, 0.4) is 0 Å². The molecule has 2 rings (SSSR count). The number of nitrogens with one attached hydrogen (secondary N) is 1. The van der Waals surface area contributed by atoms with Crippen LogP contribution < -0.4 is 5.32 Å². The molecule has 1 aromatic rings. The molecule has 1 aliphatic heterocycles. The summed E-state index contributed by atoms with van der Waals surface area (Å²) in [5, 5.41) is 13.2. The molecule has 0 bridgehead atoms. The van der Waals surface area contributed by atoms with Crippen molar-refractivity contribution in [3.05, 3.63) is 17.8 Å². The molecular weight excluding hydrogens is 182 g/mol. The van der Waals surface area contributed by atoms with E-state index in [1.54, 1.807) is 0 Å². The predicted molar refractivity (Wildman–Crippen MR) is 53.9 cm³/mol. The summed E-state index contributed by atoms with van der Waals surface area (Å²) in [5.41, 5.74) is 0.980. The van der Waals surface area contributed by atoms with Crippen LogP contribution in [0.2, 0.25) is 0 Å². The molecule has 13 heavy (non-hydrogen) atoms. The summed E-state index contributed by atoms with van der Waals surface area (Å²) in [6.45, 7) is 4.19. The SMILES string of the molecule is Cc1ccc(S[C@H]2CCNC2)nn1. The molecule has 4 heteroatoms. The van der Waals surface area contributed by atoms with E-state index < -0.39 is 0 Å². The second-order valence-corrected chi connectivity index (χ2v) is 4.57. The molecule has 70 valence electrons. The number of nitrogens with zero attached hydrogens (tertiary/aromatic N) is 2. The van der Waals surface area contributed by atoms with Gasteiger partial charge in [-0.1, -0.05) is 11.8 Å². The Morgan fingerprint density at radius 2 is 2.38 bits per heavy atom. The summed E-state index contributed by atoms with van der Waals surface area (Å²) in [6, 6.07) is 4.06. The van der Waals surface area contributed by atoms with Crippen molar-refractivity contribution in [2.45, 2.75) is 23.6 Å². The maximum atomic E-state index is 4.13. The van der Waals surface area contributed by atoms with Crippen molar-refractivity contribution in [3.63, 3.8) is 0 Å². The summed E-state index contributed by atoms with van der Waals surface area (Å²) < 4.78 is 0. The molecule has 0 aromatic carbocycles. The average Bonchev–Trinajstić information content (AvgIpc) is 2.62. The molecule has 0 saturated carbocycles. The minimum atomic E-state index is 0.678. The van der Waals surface area contributed by atoms with Crippen LogP contribution in [0.1, 0.15) is 12.1 Å². The van der Waals surface area contributed by atoms with E-state index in [1.165, 1.54) is 6.42 Å². The van der Waals surface area contributed by atoms with Gasteiger partial charge in [0.2, 0.25) is 0 Å². The summed E-state index contributed by atoms with van der Waals surface area (Å²) in [5.74, 6) is 0. The fraction of sp³-hybridized carbons (Fsp3) is 0.556. The lowest BCUT2D eigenvalue weighted by molar-refractivity contribution is 0.857. The summed E-state index contributed by atoms with van der Waals surface area (Å²) in [6.07, 6.45) is 1.24. The fourth-order valence-electron chi connectivity index (χ4n) is 1.35. The molecule has 1 aromatic heterocycles. The van der Waals surface area contributed by atoms with E-state index in [1.807, 2.05) is 30.8 Å². The lowest BCUT2D eigenvalue weighted by atomic mass is 10.4. The van der Waals surface area contributed by atoms with Gasteiger partial charge < -0.3 is 5.32 Å². The topological polar surface area (TPSA) is 37.8 Å². The average molecular weight is 195 g/mol. The van der Waals surface area contributed by atoms with Crippen LogP contribution in [0.25, 0.3) is 0 Å². The molecule has 0 spiro atoms.